The van der Waals surface area contributed by atoms with Crippen LogP contribution in [0.5, 0.6) is 0 Å². The first-order valence-electron chi connectivity index (χ1n) is 9.10. The highest BCUT2D eigenvalue weighted by Gasteiger charge is 2.35. The van der Waals surface area contributed by atoms with E-state index in [2.05, 4.69) is 46.1 Å². The average molecular weight is 385 g/mol. The van der Waals surface area contributed by atoms with Gasteiger partial charge in [-0.15, -0.1) is 12.4 Å². The number of rotatable bonds is 4. The second-order valence-electron chi connectivity index (χ2n) is 7.16. The summed E-state index contributed by atoms with van der Waals surface area (Å²) in [6, 6.07) is 14.6. The molecule has 1 unspecified atom stereocenters. The molecule has 0 spiro atoms. The smallest absolute Gasteiger partial charge is 0.225 e. The molecule has 0 aliphatic carbocycles. The van der Waals surface area contributed by atoms with Gasteiger partial charge in [-0.1, -0.05) is 36.4 Å². The fourth-order valence-corrected chi connectivity index (χ4v) is 3.82. The molecular weight excluding hydrogens is 360 g/mol. The van der Waals surface area contributed by atoms with Crippen LogP contribution >= 0.6 is 12.4 Å². The molecule has 4 rings (SSSR count). The van der Waals surface area contributed by atoms with Crippen molar-refractivity contribution in [2.45, 2.75) is 18.9 Å². The van der Waals surface area contributed by atoms with Gasteiger partial charge in [0.25, 0.3) is 0 Å². The number of nitrogens with one attached hydrogen (secondary N) is 2. The van der Waals surface area contributed by atoms with Gasteiger partial charge in [-0.2, -0.15) is 5.10 Å². The third kappa shape index (κ3) is 3.99. The van der Waals surface area contributed by atoms with Crippen molar-refractivity contribution in [3.8, 4) is 0 Å². The quantitative estimate of drug-likeness (QED) is 0.726. The molecule has 1 fully saturated rings. The summed E-state index contributed by atoms with van der Waals surface area (Å²) in [5.74, 6) is 0.208. The fourth-order valence-electron chi connectivity index (χ4n) is 3.82. The Bertz CT molecular complexity index is 939. The van der Waals surface area contributed by atoms with Crippen LogP contribution in [0.3, 0.4) is 0 Å². The molecule has 0 bridgehead atoms. The van der Waals surface area contributed by atoms with E-state index in [1.807, 2.05) is 38.5 Å². The van der Waals surface area contributed by atoms with E-state index in [1.54, 1.807) is 4.68 Å². The minimum absolute atomic E-state index is 0. The molecule has 3 aromatic rings. The number of aryl methyl sites for hydroxylation is 1. The zero-order chi connectivity index (χ0) is 18.1. The van der Waals surface area contributed by atoms with E-state index >= 15 is 0 Å². The van der Waals surface area contributed by atoms with Crippen molar-refractivity contribution < 1.29 is 4.79 Å². The highest BCUT2D eigenvalue weighted by molar-refractivity contribution is 5.85. The lowest BCUT2D eigenvalue weighted by Gasteiger charge is -2.21. The number of aromatic nitrogens is 2. The first kappa shape index (κ1) is 19.4. The number of hydrogen-bond acceptors (Lipinski definition) is 3. The van der Waals surface area contributed by atoms with Crippen molar-refractivity contribution in [3.05, 3.63) is 66.0 Å². The summed E-state index contributed by atoms with van der Waals surface area (Å²) in [6.07, 6.45) is 3.87. The Balaban J connectivity index is 0.00000210. The number of nitrogens with zero attached hydrogens (tertiary/aromatic N) is 2. The van der Waals surface area contributed by atoms with Crippen LogP contribution in [0.2, 0.25) is 0 Å². The number of hydrogen-bond donors (Lipinski definition) is 2. The molecule has 2 N–H and O–H groups in total. The van der Waals surface area contributed by atoms with E-state index in [4.69, 9.17) is 0 Å². The standard InChI is InChI=1S/C21H24N4O.ClH/c1-14(16-8-7-15-5-3-4-6-17(15)9-16)24-21(26)20-12-22-11-19(20)18-10-23-25(2)13-18;/h3-10,13-14,19-20,22H,11-12H2,1-2H3,(H,24,26);1H/t14?,19-,20+;/m1./s1. The van der Waals surface area contributed by atoms with Gasteiger partial charge in [0.15, 0.2) is 0 Å². The van der Waals surface area contributed by atoms with Gasteiger partial charge in [0, 0.05) is 32.3 Å². The van der Waals surface area contributed by atoms with E-state index in [-0.39, 0.29) is 36.2 Å². The van der Waals surface area contributed by atoms with Gasteiger partial charge in [0.05, 0.1) is 18.2 Å². The van der Waals surface area contributed by atoms with Crippen molar-refractivity contribution in [1.82, 2.24) is 20.4 Å². The van der Waals surface area contributed by atoms with E-state index in [0.717, 1.165) is 17.7 Å². The maximum absolute atomic E-state index is 12.9. The largest absolute Gasteiger partial charge is 0.349 e. The third-order valence-electron chi connectivity index (χ3n) is 5.34. The summed E-state index contributed by atoms with van der Waals surface area (Å²) in [7, 11) is 1.91. The van der Waals surface area contributed by atoms with Crippen LogP contribution in [0.15, 0.2) is 54.9 Å². The summed E-state index contributed by atoms with van der Waals surface area (Å²) in [5.41, 5.74) is 2.25. The van der Waals surface area contributed by atoms with Crippen LogP contribution in [-0.2, 0) is 11.8 Å². The lowest BCUT2D eigenvalue weighted by Crippen LogP contribution is -2.35. The third-order valence-corrected chi connectivity index (χ3v) is 5.34. The Kier molecular flexibility index (Phi) is 5.82. The first-order valence-corrected chi connectivity index (χ1v) is 9.10. The summed E-state index contributed by atoms with van der Waals surface area (Å²) in [6.45, 7) is 3.56. The predicted octanol–water partition coefficient (Wildman–Crippen LogP) is 3.18. The molecule has 0 radical (unpaired) electrons. The Morgan fingerprint density at radius 1 is 1.22 bits per heavy atom. The number of carbonyl (C=O) groups excluding carboxylic acids is 1. The zero-order valence-corrected chi connectivity index (χ0v) is 16.4. The topological polar surface area (TPSA) is 59.0 Å². The van der Waals surface area contributed by atoms with Crippen LogP contribution < -0.4 is 10.6 Å². The minimum Gasteiger partial charge on any atom is -0.349 e. The molecule has 6 heteroatoms. The lowest BCUT2D eigenvalue weighted by molar-refractivity contribution is -0.125. The van der Waals surface area contributed by atoms with Crippen molar-refractivity contribution in [2.24, 2.45) is 13.0 Å². The normalized spacial score (nSPS) is 20.2. The number of amides is 1. The van der Waals surface area contributed by atoms with Crippen LogP contribution in [0.25, 0.3) is 10.8 Å². The second kappa shape index (κ2) is 8.11. The highest BCUT2D eigenvalue weighted by Crippen LogP contribution is 2.29. The Hall–Kier alpha value is -2.37. The van der Waals surface area contributed by atoms with Gasteiger partial charge < -0.3 is 10.6 Å². The van der Waals surface area contributed by atoms with E-state index in [1.165, 1.54) is 10.8 Å². The molecule has 1 aromatic heterocycles. The molecular formula is C21H25ClN4O. The van der Waals surface area contributed by atoms with Crippen molar-refractivity contribution in [1.29, 1.82) is 0 Å². The van der Waals surface area contributed by atoms with E-state index in [0.29, 0.717) is 6.54 Å². The molecule has 0 saturated carbocycles. The molecule has 2 heterocycles. The number of halogens is 1. The summed E-state index contributed by atoms with van der Waals surface area (Å²) in [4.78, 5) is 12.9. The van der Waals surface area contributed by atoms with Gasteiger partial charge in [0.2, 0.25) is 5.91 Å². The SMILES string of the molecule is CC(NC(=O)[C@H]1CNC[C@@H]1c1cnn(C)c1)c1ccc2ccccc2c1.Cl. The second-order valence-corrected chi connectivity index (χ2v) is 7.16. The Labute approximate surface area is 165 Å². The summed E-state index contributed by atoms with van der Waals surface area (Å²) >= 11 is 0. The predicted molar refractivity (Wildman–Crippen MR) is 110 cm³/mol. The molecule has 3 atom stereocenters. The van der Waals surface area contributed by atoms with Gasteiger partial charge in [-0.3, -0.25) is 9.48 Å². The highest BCUT2D eigenvalue weighted by atomic mass is 35.5. The van der Waals surface area contributed by atoms with E-state index in [9.17, 15) is 4.79 Å². The molecule has 1 saturated heterocycles. The van der Waals surface area contributed by atoms with Gasteiger partial charge in [0.1, 0.15) is 0 Å². The number of carbonyl (C=O) groups is 1. The summed E-state index contributed by atoms with van der Waals surface area (Å²) < 4.78 is 1.79. The van der Waals surface area contributed by atoms with Gasteiger partial charge in [-0.05, 0) is 34.9 Å². The Morgan fingerprint density at radius 2 is 2.00 bits per heavy atom. The Morgan fingerprint density at radius 3 is 2.74 bits per heavy atom. The molecule has 5 nitrogen and oxygen atoms in total. The molecule has 1 aliphatic rings. The van der Waals surface area contributed by atoms with E-state index < -0.39 is 0 Å². The van der Waals surface area contributed by atoms with Crippen LogP contribution in [0.1, 0.15) is 30.0 Å². The molecule has 27 heavy (non-hydrogen) atoms. The van der Waals surface area contributed by atoms with Gasteiger partial charge >= 0.3 is 0 Å². The average Bonchev–Trinajstić information content (AvgIpc) is 3.30. The van der Waals surface area contributed by atoms with Gasteiger partial charge in [-0.25, -0.2) is 0 Å². The number of benzene rings is 2. The van der Waals surface area contributed by atoms with Crippen molar-refractivity contribution in [2.75, 3.05) is 13.1 Å². The molecule has 2 aromatic carbocycles. The first-order chi connectivity index (χ1) is 12.6. The zero-order valence-electron chi connectivity index (χ0n) is 15.6. The van der Waals surface area contributed by atoms with Crippen LogP contribution in [-0.4, -0.2) is 28.8 Å². The molecule has 1 aliphatic heterocycles. The molecule has 142 valence electrons. The fraction of sp³-hybridized carbons (Fsp3) is 0.333. The minimum atomic E-state index is -0.0675. The van der Waals surface area contributed by atoms with Crippen LogP contribution in [0, 0.1) is 5.92 Å². The maximum Gasteiger partial charge on any atom is 0.225 e. The van der Waals surface area contributed by atoms with Crippen molar-refractivity contribution >= 4 is 29.1 Å². The van der Waals surface area contributed by atoms with Crippen molar-refractivity contribution in [3.63, 3.8) is 0 Å². The lowest BCUT2D eigenvalue weighted by atomic mass is 9.90. The monoisotopic (exact) mass is 384 g/mol. The maximum atomic E-state index is 12.9. The summed E-state index contributed by atoms with van der Waals surface area (Å²) in [5, 5.41) is 13.2. The van der Waals surface area contributed by atoms with Crippen LogP contribution in [0.4, 0.5) is 0 Å². The molecule has 1 amide bonds. The number of fused-ring (bicyclic) bond motifs is 1.